The van der Waals surface area contributed by atoms with Crippen LogP contribution in [0.25, 0.3) is 0 Å². The zero-order chi connectivity index (χ0) is 12.3. The summed E-state index contributed by atoms with van der Waals surface area (Å²) in [6.07, 6.45) is 6.22. The van der Waals surface area contributed by atoms with Crippen molar-refractivity contribution in [2.75, 3.05) is 11.9 Å². The van der Waals surface area contributed by atoms with E-state index in [1.54, 1.807) is 12.4 Å². The third-order valence-electron chi connectivity index (χ3n) is 2.37. The minimum Gasteiger partial charge on any atom is -0.332 e. The average Bonchev–Trinajstić information content (AvgIpc) is 2.64. The molecule has 1 aromatic heterocycles. The van der Waals surface area contributed by atoms with Gasteiger partial charge in [-0.15, -0.1) is 0 Å². The Morgan fingerprint density at radius 1 is 1.35 bits per heavy atom. The number of thioether (sulfide) groups is 1. The molecule has 2 heterocycles. The molecule has 17 heavy (non-hydrogen) atoms. The van der Waals surface area contributed by atoms with Crippen LogP contribution in [-0.2, 0) is 0 Å². The molecular weight excluding hydrogens is 232 g/mol. The summed E-state index contributed by atoms with van der Waals surface area (Å²) in [7, 11) is 0. The third kappa shape index (κ3) is 4.00. The Hall–Kier alpha value is -1.10. The van der Waals surface area contributed by atoms with E-state index >= 15 is 0 Å². The minimum atomic E-state index is 0.360. The van der Waals surface area contributed by atoms with Crippen molar-refractivity contribution in [1.82, 2.24) is 9.97 Å². The fourth-order valence-electron chi connectivity index (χ4n) is 1.76. The Morgan fingerprint density at radius 3 is 2.71 bits per heavy atom. The number of rotatable bonds is 2. The van der Waals surface area contributed by atoms with Crippen LogP contribution in [0.2, 0.25) is 0 Å². The number of amidine groups is 1. The first kappa shape index (κ1) is 12.4. The zero-order valence-corrected chi connectivity index (χ0v) is 11.3. The van der Waals surface area contributed by atoms with Gasteiger partial charge in [-0.3, -0.25) is 4.99 Å². The summed E-state index contributed by atoms with van der Waals surface area (Å²) < 4.78 is 0. The zero-order valence-electron chi connectivity index (χ0n) is 10.5. The minimum absolute atomic E-state index is 0.360. The van der Waals surface area contributed by atoms with Crippen LogP contribution in [0.5, 0.6) is 0 Å². The van der Waals surface area contributed by atoms with Gasteiger partial charge in [0.25, 0.3) is 0 Å². The van der Waals surface area contributed by atoms with Crippen LogP contribution in [0.4, 0.5) is 5.69 Å². The van der Waals surface area contributed by atoms with Gasteiger partial charge in [-0.2, -0.15) is 0 Å². The molecule has 2 rings (SSSR count). The molecule has 0 aliphatic carbocycles. The largest absolute Gasteiger partial charge is 0.332 e. The van der Waals surface area contributed by atoms with Crippen molar-refractivity contribution in [3.63, 3.8) is 0 Å². The van der Waals surface area contributed by atoms with E-state index in [-0.39, 0.29) is 0 Å². The monoisotopic (exact) mass is 250 g/mol. The molecule has 1 aliphatic rings. The lowest BCUT2D eigenvalue weighted by Crippen LogP contribution is -2.16. The maximum atomic E-state index is 4.51. The van der Waals surface area contributed by atoms with Crippen molar-refractivity contribution in [2.24, 2.45) is 10.4 Å². The highest BCUT2D eigenvalue weighted by Crippen LogP contribution is 2.32. The highest BCUT2D eigenvalue weighted by atomic mass is 32.2. The van der Waals surface area contributed by atoms with Crippen molar-refractivity contribution in [3.8, 4) is 0 Å². The molecule has 1 aromatic rings. The van der Waals surface area contributed by atoms with Crippen LogP contribution in [0.1, 0.15) is 27.2 Å². The molecule has 0 aromatic carbocycles. The van der Waals surface area contributed by atoms with Gasteiger partial charge < -0.3 is 5.32 Å². The maximum absolute atomic E-state index is 4.51. The molecule has 1 N–H and O–H groups in total. The Balaban J connectivity index is 1.86. The lowest BCUT2D eigenvalue weighted by Gasteiger charge is -2.21. The number of hydrogen-bond acceptors (Lipinski definition) is 5. The molecule has 0 saturated carbocycles. The molecule has 1 aliphatic heterocycles. The van der Waals surface area contributed by atoms with E-state index < -0.39 is 0 Å². The molecule has 1 unspecified atom stereocenters. The highest BCUT2D eigenvalue weighted by molar-refractivity contribution is 8.15. The van der Waals surface area contributed by atoms with Gasteiger partial charge in [-0.1, -0.05) is 32.5 Å². The normalized spacial score (nSPS) is 20.2. The maximum Gasteiger partial charge on any atom is 0.161 e. The van der Waals surface area contributed by atoms with E-state index in [9.17, 15) is 0 Å². The fraction of sp³-hybridized carbons (Fsp3) is 0.583. The van der Waals surface area contributed by atoms with Crippen LogP contribution in [0.15, 0.2) is 23.7 Å². The number of anilines is 1. The molecule has 0 amide bonds. The Kier molecular flexibility index (Phi) is 3.66. The third-order valence-corrected chi connectivity index (χ3v) is 3.47. The fourth-order valence-corrected chi connectivity index (χ4v) is 3.14. The molecular formula is C12H18N4S. The summed E-state index contributed by atoms with van der Waals surface area (Å²) in [6, 6.07) is 0. The van der Waals surface area contributed by atoms with Crippen LogP contribution >= 0.6 is 11.8 Å². The summed E-state index contributed by atoms with van der Waals surface area (Å²) in [5, 5.41) is 4.81. The second kappa shape index (κ2) is 5.04. The standard InChI is InChI=1S/C12H18N4S/c1-12(2,3)4-10-7-15-11(17-10)16-9-5-13-8-14-6-9/h5-6,8,10H,4,7H2,1-3H3,(H,15,16). The Morgan fingerprint density at radius 2 is 2.06 bits per heavy atom. The van der Waals surface area contributed by atoms with Gasteiger partial charge in [0.15, 0.2) is 5.17 Å². The first-order chi connectivity index (χ1) is 8.03. The van der Waals surface area contributed by atoms with Gasteiger partial charge >= 0.3 is 0 Å². The van der Waals surface area contributed by atoms with E-state index in [4.69, 9.17) is 0 Å². The van der Waals surface area contributed by atoms with Crippen molar-refractivity contribution in [2.45, 2.75) is 32.4 Å². The second-order valence-corrected chi connectivity index (χ2v) is 6.69. The number of aromatic nitrogens is 2. The number of aliphatic imine (C=N–C) groups is 1. The predicted molar refractivity (Wildman–Crippen MR) is 73.4 cm³/mol. The molecule has 0 fully saturated rings. The van der Waals surface area contributed by atoms with Crippen molar-refractivity contribution < 1.29 is 0 Å². The molecule has 4 nitrogen and oxygen atoms in total. The average molecular weight is 250 g/mol. The van der Waals surface area contributed by atoms with Crippen LogP contribution in [0.3, 0.4) is 0 Å². The van der Waals surface area contributed by atoms with E-state index in [0.717, 1.165) is 17.4 Å². The molecule has 0 bridgehead atoms. The first-order valence-electron chi connectivity index (χ1n) is 5.76. The van der Waals surface area contributed by atoms with Gasteiger partial charge in [0, 0.05) is 5.25 Å². The van der Waals surface area contributed by atoms with Crippen molar-refractivity contribution in [1.29, 1.82) is 0 Å². The quantitative estimate of drug-likeness (QED) is 0.877. The molecule has 0 spiro atoms. The number of hydrogen-bond donors (Lipinski definition) is 1. The van der Waals surface area contributed by atoms with Crippen LogP contribution in [-0.4, -0.2) is 26.9 Å². The lowest BCUT2D eigenvalue weighted by molar-refractivity contribution is 0.375. The molecule has 0 saturated heterocycles. The van der Waals surface area contributed by atoms with Crippen molar-refractivity contribution in [3.05, 3.63) is 18.7 Å². The molecule has 0 radical (unpaired) electrons. The summed E-state index contributed by atoms with van der Waals surface area (Å²) in [4.78, 5) is 12.4. The summed E-state index contributed by atoms with van der Waals surface area (Å²) in [6.45, 7) is 7.70. The van der Waals surface area contributed by atoms with Gasteiger partial charge in [-0.25, -0.2) is 9.97 Å². The topological polar surface area (TPSA) is 50.2 Å². The second-order valence-electron chi connectivity index (χ2n) is 5.40. The Labute approximate surface area is 106 Å². The van der Waals surface area contributed by atoms with E-state index in [1.807, 2.05) is 11.8 Å². The van der Waals surface area contributed by atoms with Crippen molar-refractivity contribution >= 4 is 22.6 Å². The van der Waals surface area contributed by atoms with Gasteiger partial charge in [0.05, 0.1) is 24.6 Å². The predicted octanol–water partition coefficient (Wildman–Crippen LogP) is 2.80. The van der Waals surface area contributed by atoms with Gasteiger partial charge in [-0.05, 0) is 11.8 Å². The van der Waals surface area contributed by atoms with E-state index in [0.29, 0.717) is 10.7 Å². The summed E-state index contributed by atoms with van der Waals surface area (Å²) in [5.41, 5.74) is 1.26. The summed E-state index contributed by atoms with van der Waals surface area (Å²) in [5.74, 6) is 0. The molecule has 92 valence electrons. The van der Waals surface area contributed by atoms with Crippen LogP contribution < -0.4 is 5.32 Å². The smallest absolute Gasteiger partial charge is 0.161 e. The molecule has 1 atom stereocenters. The van der Waals surface area contributed by atoms with Crippen LogP contribution in [0, 0.1) is 5.41 Å². The van der Waals surface area contributed by atoms with Gasteiger partial charge in [0.1, 0.15) is 6.33 Å². The lowest BCUT2D eigenvalue weighted by atomic mass is 9.90. The summed E-state index contributed by atoms with van der Waals surface area (Å²) >= 11 is 1.82. The molecule has 5 heteroatoms. The first-order valence-corrected chi connectivity index (χ1v) is 6.64. The van der Waals surface area contributed by atoms with E-state index in [2.05, 4.69) is 41.0 Å². The number of nitrogens with one attached hydrogen (secondary N) is 1. The Bertz CT molecular complexity index is 397. The van der Waals surface area contributed by atoms with E-state index in [1.165, 1.54) is 12.7 Å². The number of nitrogens with zero attached hydrogens (tertiary/aromatic N) is 3. The highest BCUT2D eigenvalue weighted by Gasteiger charge is 2.24. The van der Waals surface area contributed by atoms with Gasteiger partial charge in [0.2, 0.25) is 0 Å². The SMILES string of the molecule is CC(C)(C)CC1CN=C(Nc2cncnc2)S1.